The van der Waals surface area contributed by atoms with Gasteiger partial charge in [-0.3, -0.25) is 4.90 Å². The number of nitrogens with one attached hydrogen (secondary N) is 1. The standard InChI is InChI=1S/C17H36N2/c1-14(2)10-12-19(17-8-9-17)16(5)7-6-11-18-13-15(3)4/h14-18H,6-13H2,1-5H3. The van der Waals surface area contributed by atoms with Gasteiger partial charge in [-0.2, -0.15) is 0 Å². The lowest BCUT2D eigenvalue weighted by Crippen LogP contribution is -2.37. The third-order valence-electron chi connectivity index (χ3n) is 4.07. The number of nitrogens with zero attached hydrogens (tertiary/aromatic N) is 1. The number of hydrogen-bond acceptors (Lipinski definition) is 2. The van der Waals surface area contributed by atoms with E-state index in [-0.39, 0.29) is 0 Å². The van der Waals surface area contributed by atoms with Gasteiger partial charge in [-0.15, -0.1) is 0 Å². The van der Waals surface area contributed by atoms with Gasteiger partial charge in [0.1, 0.15) is 0 Å². The first-order valence-electron chi connectivity index (χ1n) is 8.47. The van der Waals surface area contributed by atoms with Crippen LogP contribution in [0.3, 0.4) is 0 Å². The largest absolute Gasteiger partial charge is 0.316 e. The fourth-order valence-corrected chi connectivity index (χ4v) is 2.66. The van der Waals surface area contributed by atoms with Crippen LogP contribution in [0.2, 0.25) is 0 Å². The van der Waals surface area contributed by atoms with E-state index < -0.39 is 0 Å². The highest BCUT2D eigenvalue weighted by Gasteiger charge is 2.31. The zero-order valence-corrected chi connectivity index (χ0v) is 13.9. The van der Waals surface area contributed by atoms with Gasteiger partial charge in [0, 0.05) is 12.1 Å². The summed E-state index contributed by atoms with van der Waals surface area (Å²) in [4.78, 5) is 2.78. The van der Waals surface area contributed by atoms with Crippen molar-refractivity contribution in [2.75, 3.05) is 19.6 Å². The lowest BCUT2D eigenvalue weighted by molar-refractivity contribution is 0.177. The van der Waals surface area contributed by atoms with Crippen LogP contribution < -0.4 is 5.32 Å². The van der Waals surface area contributed by atoms with Crippen molar-refractivity contribution in [3.8, 4) is 0 Å². The van der Waals surface area contributed by atoms with Gasteiger partial charge in [0.25, 0.3) is 0 Å². The van der Waals surface area contributed by atoms with Gasteiger partial charge in [0.2, 0.25) is 0 Å². The predicted octanol–water partition coefficient (Wildman–Crippen LogP) is 3.91. The minimum atomic E-state index is 0.770. The first kappa shape index (κ1) is 17.0. The van der Waals surface area contributed by atoms with Crippen LogP contribution in [-0.4, -0.2) is 36.6 Å². The Morgan fingerprint density at radius 2 is 1.68 bits per heavy atom. The molecular weight excluding hydrogens is 232 g/mol. The fourth-order valence-electron chi connectivity index (χ4n) is 2.66. The Hall–Kier alpha value is -0.0800. The van der Waals surface area contributed by atoms with Crippen molar-refractivity contribution >= 4 is 0 Å². The zero-order valence-electron chi connectivity index (χ0n) is 13.9. The molecule has 0 heterocycles. The normalized spacial score (nSPS) is 17.7. The summed E-state index contributed by atoms with van der Waals surface area (Å²) in [6.45, 7) is 15.3. The molecule has 19 heavy (non-hydrogen) atoms. The molecule has 0 spiro atoms. The van der Waals surface area contributed by atoms with E-state index in [1.807, 2.05) is 0 Å². The van der Waals surface area contributed by atoms with Gasteiger partial charge < -0.3 is 5.32 Å². The van der Waals surface area contributed by atoms with Crippen LogP contribution in [0.25, 0.3) is 0 Å². The Balaban J connectivity index is 2.15. The molecule has 0 aromatic heterocycles. The Bertz CT molecular complexity index is 221. The Morgan fingerprint density at radius 1 is 1.00 bits per heavy atom. The summed E-state index contributed by atoms with van der Waals surface area (Å²) >= 11 is 0. The highest BCUT2D eigenvalue weighted by atomic mass is 15.2. The third-order valence-corrected chi connectivity index (χ3v) is 4.07. The van der Waals surface area contributed by atoms with E-state index in [2.05, 4.69) is 44.8 Å². The predicted molar refractivity (Wildman–Crippen MR) is 85.6 cm³/mol. The van der Waals surface area contributed by atoms with Crippen molar-refractivity contribution in [2.24, 2.45) is 11.8 Å². The van der Waals surface area contributed by atoms with E-state index >= 15 is 0 Å². The van der Waals surface area contributed by atoms with Gasteiger partial charge in [-0.05, 0) is 70.5 Å². The maximum absolute atomic E-state index is 3.56. The average molecular weight is 268 g/mol. The van der Waals surface area contributed by atoms with Crippen molar-refractivity contribution in [3.63, 3.8) is 0 Å². The lowest BCUT2D eigenvalue weighted by atomic mass is 10.1. The van der Waals surface area contributed by atoms with Gasteiger partial charge in [0.15, 0.2) is 0 Å². The van der Waals surface area contributed by atoms with Gasteiger partial charge in [-0.1, -0.05) is 27.7 Å². The molecule has 0 aromatic rings. The van der Waals surface area contributed by atoms with Gasteiger partial charge in [0.05, 0.1) is 0 Å². The minimum Gasteiger partial charge on any atom is -0.316 e. The van der Waals surface area contributed by atoms with E-state index in [4.69, 9.17) is 0 Å². The molecule has 0 bridgehead atoms. The van der Waals surface area contributed by atoms with Crippen LogP contribution >= 0.6 is 0 Å². The second-order valence-corrected chi connectivity index (χ2v) is 7.24. The van der Waals surface area contributed by atoms with Crippen molar-refractivity contribution in [1.29, 1.82) is 0 Å². The Labute approximate surface area is 121 Å². The molecule has 1 saturated carbocycles. The Morgan fingerprint density at radius 3 is 2.21 bits per heavy atom. The summed E-state index contributed by atoms with van der Waals surface area (Å²) < 4.78 is 0. The fraction of sp³-hybridized carbons (Fsp3) is 1.00. The zero-order chi connectivity index (χ0) is 14.3. The SMILES string of the molecule is CC(C)CCN(C(C)CCCNCC(C)C)C1CC1. The van der Waals surface area contributed by atoms with Crippen LogP contribution in [-0.2, 0) is 0 Å². The molecule has 0 aromatic carbocycles. The molecule has 1 aliphatic rings. The molecule has 0 radical (unpaired) electrons. The molecule has 1 N–H and O–H groups in total. The van der Waals surface area contributed by atoms with E-state index in [0.29, 0.717) is 0 Å². The van der Waals surface area contributed by atoms with E-state index in [9.17, 15) is 0 Å². The van der Waals surface area contributed by atoms with Crippen molar-refractivity contribution < 1.29 is 0 Å². The summed E-state index contributed by atoms with van der Waals surface area (Å²) in [5.74, 6) is 1.60. The van der Waals surface area contributed by atoms with E-state index in [0.717, 1.165) is 30.5 Å². The number of hydrogen-bond donors (Lipinski definition) is 1. The summed E-state index contributed by atoms with van der Waals surface area (Å²) in [6, 6.07) is 1.68. The highest BCUT2D eigenvalue weighted by molar-refractivity contribution is 4.87. The van der Waals surface area contributed by atoms with Crippen LogP contribution in [0, 0.1) is 11.8 Å². The molecule has 114 valence electrons. The molecular formula is C17H36N2. The van der Waals surface area contributed by atoms with Crippen molar-refractivity contribution in [1.82, 2.24) is 10.2 Å². The lowest BCUT2D eigenvalue weighted by Gasteiger charge is -2.30. The molecule has 1 aliphatic carbocycles. The first-order valence-corrected chi connectivity index (χ1v) is 8.47. The van der Waals surface area contributed by atoms with Gasteiger partial charge in [-0.25, -0.2) is 0 Å². The smallest absolute Gasteiger partial charge is 0.00992 e. The van der Waals surface area contributed by atoms with Crippen LogP contribution in [0.1, 0.15) is 66.7 Å². The monoisotopic (exact) mass is 268 g/mol. The Kier molecular flexibility index (Phi) is 8.01. The second-order valence-electron chi connectivity index (χ2n) is 7.24. The first-order chi connectivity index (χ1) is 9.00. The average Bonchev–Trinajstić information content (AvgIpc) is 3.12. The van der Waals surface area contributed by atoms with Crippen LogP contribution in [0.15, 0.2) is 0 Å². The van der Waals surface area contributed by atoms with Crippen LogP contribution in [0.5, 0.6) is 0 Å². The van der Waals surface area contributed by atoms with Crippen LogP contribution in [0.4, 0.5) is 0 Å². The highest BCUT2D eigenvalue weighted by Crippen LogP contribution is 2.30. The minimum absolute atomic E-state index is 0.770. The van der Waals surface area contributed by atoms with Crippen molar-refractivity contribution in [3.05, 3.63) is 0 Å². The topological polar surface area (TPSA) is 15.3 Å². The number of rotatable bonds is 11. The van der Waals surface area contributed by atoms with E-state index in [1.165, 1.54) is 45.2 Å². The third kappa shape index (κ3) is 7.94. The summed E-state index contributed by atoms with van der Waals surface area (Å²) in [5.41, 5.74) is 0. The molecule has 1 unspecified atom stereocenters. The molecule has 1 fully saturated rings. The molecule has 0 aliphatic heterocycles. The summed E-state index contributed by atoms with van der Waals surface area (Å²) in [6.07, 6.45) is 6.90. The molecule has 2 nitrogen and oxygen atoms in total. The maximum atomic E-state index is 3.56. The molecule has 2 heteroatoms. The summed E-state index contributed by atoms with van der Waals surface area (Å²) in [7, 11) is 0. The van der Waals surface area contributed by atoms with Crippen molar-refractivity contribution in [2.45, 2.75) is 78.8 Å². The van der Waals surface area contributed by atoms with E-state index in [1.54, 1.807) is 0 Å². The second kappa shape index (κ2) is 8.97. The maximum Gasteiger partial charge on any atom is 0.00992 e. The molecule has 0 amide bonds. The summed E-state index contributed by atoms with van der Waals surface area (Å²) in [5, 5.41) is 3.56. The van der Waals surface area contributed by atoms with Gasteiger partial charge >= 0.3 is 0 Å². The quantitative estimate of drug-likeness (QED) is 0.572. The molecule has 1 atom stereocenters. The molecule has 0 saturated heterocycles. The molecule has 1 rings (SSSR count).